The van der Waals surface area contributed by atoms with Crippen molar-refractivity contribution in [3.8, 4) is 0 Å². The van der Waals surface area contributed by atoms with E-state index in [1.165, 1.54) is 0 Å². The van der Waals surface area contributed by atoms with E-state index in [9.17, 15) is 13.2 Å². The molecular weight excluding hydrogens is 292 g/mol. The monoisotopic (exact) mass is 312 g/mol. The van der Waals surface area contributed by atoms with E-state index in [2.05, 4.69) is 5.32 Å². The molecule has 2 amide bonds. The number of amides is 2. The van der Waals surface area contributed by atoms with E-state index in [1.807, 2.05) is 0 Å². The predicted molar refractivity (Wildman–Crippen MR) is 78.9 cm³/mol. The van der Waals surface area contributed by atoms with Crippen LogP contribution in [0.25, 0.3) is 0 Å². The summed E-state index contributed by atoms with van der Waals surface area (Å²) in [6.45, 7) is 2.61. The van der Waals surface area contributed by atoms with Gasteiger partial charge in [0.1, 0.15) is 0 Å². The first-order valence-corrected chi connectivity index (χ1v) is 8.63. The highest BCUT2D eigenvalue weighted by Crippen LogP contribution is 2.10. The summed E-state index contributed by atoms with van der Waals surface area (Å²) < 4.78 is 29.2. The number of nitrogens with zero attached hydrogens (tertiary/aromatic N) is 1. The minimum Gasteiger partial charge on any atom is -0.378 e. The summed E-state index contributed by atoms with van der Waals surface area (Å²) >= 11 is 0. The van der Waals surface area contributed by atoms with Crippen LogP contribution in [0.2, 0.25) is 0 Å². The second-order valence-electron chi connectivity index (χ2n) is 4.82. The van der Waals surface area contributed by atoms with Crippen molar-refractivity contribution in [3.05, 3.63) is 30.3 Å². The zero-order chi connectivity index (χ0) is 15.1. The highest BCUT2D eigenvalue weighted by Gasteiger charge is 2.17. The van der Waals surface area contributed by atoms with Gasteiger partial charge in [-0.05, 0) is 18.6 Å². The van der Waals surface area contributed by atoms with Crippen LogP contribution in [0.4, 0.5) is 4.79 Å². The highest BCUT2D eigenvalue weighted by molar-refractivity contribution is 7.91. The topological polar surface area (TPSA) is 75.7 Å². The van der Waals surface area contributed by atoms with Crippen LogP contribution >= 0.6 is 0 Å². The van der Waals surface area contributed by atoms with Crippen molar-refractivity contribution < 1.29 is 17.9 Å². The molecule has 116 valence electrons. The first-order chi connectivity index (χ1) is 10.1. The van der Waals surface area contributed by atoms with Gasteiger partial charge >= 0.3 is 6.03 Å². The van der Waals surface area contributed by atoms with E-state index in [4.69, 9.17) is 4.74 Å². The Morgan fingerprint density at radius 1 is 1.19 bits per heavy atom. The number of nitrogens with one attached hydrogen (secondary N) is 1. The fourth-order valence-electron chi connectivity index (χ4n) is 2.08. The van der Waals surface area contributed by atoms with Crippen molar-refractivity contribution in [1.29, 1.82) is 0 Å². The van der Waals surface area contributed by atoms with Gasteiger partial charge < -0.3 is 15.0 Å². The first kappa shape index (κ1) is 15.8. The normalized spacial score (nSPS) is 15.7. The Bertz CT molecular complexity index is 554. The number of hydrogen-bond acceptors (Lipinski definition) is 4. The van der Waals surface area contributed by atoms with Gasteiger partial charge in [-0.3, -0.25) is 0 Å². The maximum absolute atomic E-state index is 12.0. The maximum atomic E-state index is 12.0. The zero-order valence-corrected chi connectivity index (χ0v) is 12.6. The lowest BCUT2D eigenvalue weighted by Gasteiger charge is -2.26. The van der Waals surface area contributed by atoms with Crippen LogP contribution in [-0.2, 0) is 14.6 Å². The summed E-state index contributed by atoms with van der Waals surface area (Å²) in [5.74, 6) is 0.0282. The number of urea groups is 1. The van der Waals surface area contributed by atoms with Crippen molar-refractivity contribution in [2.75, 3.05) is 38.6 Å². The molecule has 1 N–H and O–H groups in total. The van der Waals surface area contributed by atoms with Gasteiger partial charge in [0.15, 0.2) is 9.84 Å². The average Bonchev–Trinajstić information content (AvgIpc) is 2.53. The van der Waals surface area contributed by atoms with Crippen LogP contribution in [-0.4, -0.2) is 57.9 Å². The second kappa shape index (κ2) is 7.42. The molecule has 0 aliphatic carbocycles. The molecule has 1 aliphatic rings. The van der Waals surface area contributed by atoms with E-state index in [0.717, 1.165) is 0 Å². The highest BCUT2D eigenvalue weighted by atomic mass is 32.2. The average molecular weight is 312 g/mol. The molecular formula is C14H20N2O4S. The van der Waals surface area contributed by atoms with E-state index in [1.54, 1.807) is 35.2 Å². The summed E-state index contributed by atoms with van der Waals surface area (Å²) in [6.07, 6.45) is 0.396. The summed E-state index contributed by atoms with van der Waals surface area (Å²) in [5.41, 5.74) is 0. The molecule has 7 heteroatoms. The molecule has 1 aliphatic heterocycles. The first-order valence-electron chi connectivity index (χ1n) is 6.98. The molecule has 0 spiro atoms. The number of ether oxygens (including phenoxy) is 1. The van der Waals surface area contributed by atoms with Crippen LogP contribution in [0.3, 0.4) is 0 Å². The predicted octanol–water partition coefficient (Wildman–Crippen LogP) is 0.892. The molecule has 0 bridgehead atoms. The zero-order valence-electron chi connectivity index (χ0n) is 11.8. The van der Waals surface area contributed by atoms with Gasteiger partial charge in [-0.15, -0.1) is 0 Å². The Hall–Kier alpha value is -1.60. The van der Waals surface area contributed by atoms with Crippen molar-refractivity contribution in [3.63, 3.8) is 0 Å². The SMILES string of the molecule is O=C(NCCCS(=O)(=O)c1ccccc1)N1CCOCC1. The molecule has 1 aromatic rings. The van der Waals surface area contributed by atoms with Gasteiger partial charge in [-0.2, -0.15) is 0 Å². The van der Waals surface area contributed by atoms with E-state index in [-0.39, 0.29) is 11.8 Å². The van der Waals surface area contributed by atoms with Crippen molar-refractivity contribution >= 4 is 15.9 Å². The quantitative estimate of drug-likeness (QED) is 0.819. The number of morpholine rings is 1. The van der Waals surface area contributed by atoms with Crippen molar-refractivity contribution in [2.45, 2.75) is 11.3 Å². The number of benzene rings is 1. The molecule has 6 nitrogen and oxygen atoms in total. The third-order valence-corrected chi connectivity index (χ3v) is 5.08. The van der Waals surface area contributed by atoms with Gasteiger partial charge in [0.2, 0.25) is 0 Å². The van der Waals surface area contributed by atoms with E-state index < -0.39 is 9.84 Å². The van der Waals surface area contributed by atoms with E-state index in [0.29, 0.717) is 44.2 Å². The Labute approximate surface area is 125 Å². The number of sulfone groups is 1. The van der Waals surface area contributed by atoms with Crippen LogP contribution in [0.5, 0.6) is 0 Å². The molecule has 21 heavy (non-hydrogen) atoms. The molecule has 1 saturated heterocycles. The number of carbonyl (C=O) groups excluding carboxylic acids is 1. The molecule has 1 heterocycles. The fraction of sp³-hybridized carbons (Fsp3) is 0.500. The van der Waals surface area contributed by atoms with Crippen molar-refractivity contribution in [1.82, 2.24) is 10.2 Å². The molecule has 0 atom stereocenters. The van der Waals surface area contributed by atoms with Gasteiger partial charge in [0.25, 0.3) is 0 Å². The minimum atomic E-state index is -3.27. The van der Waals surface area contributed by atoms with E-state index >= 15 is 0 Å². The Kier molecular flexibility index (Phi) is 5.58. The fourth-order valence-corrected chi connectivity index (χ4v) is 3.41. The molecule has 1 aromatic carbocycles. The maximum Gasteiger partial charge on any atom is 0.317 e. The molecule has 0 saturated carbocycles. The molecule has 0 unspecified atom stereocenters. The molecule has 1 fully saturated rings. The van der Waals surface area contributed by atoms with Gasteiger partial charge in [-0.25, -0.2) is 13.2 Å². The number of hydrogen-bond donors (Lipinski definition) is 1. The van der Waals surface area contributed by atoms with Crippen molar-refractivity contribution in [2.24, 2.45) is 0 Å². The lowest BCUT2D eigenvalue weighted by Crippen LogP contribution is -2.46. The summed E-state index contributed by atoms with van der Waals surface area (Å²) in [5, 5.41) is 2.74. The molecule has 0 radical (unpaired) electrons. The number of carbonyl (C=O) groups is 1. The largest absolute Gasteiger partial charge is 0.378 e. The Morgan fingerprint density at radius 2 is 1.86 bits per heavy atom. The van der Waals surface area contributed by atoms with Crippen LogP contribution in [0.1, 0.15) is 6.42 Å². The third kappa shape index (κ3) is 4.71. The lowest BCUT2D eigenvalue weighted by atomic mass is 10.4. The second-order valence-corrected chi connectivity index (χ2v) is 6.93. The van der Waals surface area contributed by atoms with Gasteiger partial charge in [0, 0.05) is 19.6 Å². The summed E-state index contributed by atoms with van der Waals surface area (Å²) in [6, 6.07) is 8.20. The third-order valence-electron chi connectivity index (χ3n) is 3.27. The molecule has 0 aromatic heterocycles. The standard InChI is InChI=1S/C14H20N2O4S/c17-14(16-8-10-20-11-9-16)15-7-4-12-21(18,19)13-5-2-1-3-6-13/h1-3,5-6H,4,7-12H2,(H,15,17). The smallest absolute Gasteiger partial charge is 0.317 e. The minimum absolute atomic E-state index is 0.0282. The van der Waals surface area contributed by atoms with Gasteiger partial charge in [-0.1, -0.05) is 18.2 Å². The Balaban J connectivity index is 1.73. The molecule has 2 rings (SSSR count). The summed E-state index contributed by atoms with van der Waals surface area (Å²) in [7, 11) is -3.27. The van der Waals surface area contributed by atoms with Crippen LogP contribution < -0.4 is 5.32 Å². The lowest BCUT2D eigenvalue weighted by molar-refractivity contribution is 0.0532. The van der Waals surface area contributed by atoms with Crippen LogP contribution in [0, 0.1) is 0 Å². The van der Waals surface area contributed by atoms with Gasteiger partial charge in [0.05, 0.1) is 23.9 Å². The Morgan fingerprint density at radius 3 is 2.52 bits per heavy atom. The summed E-state index contributed by atoms with van der Waals surface area (Å²) in [4.78, 5) is 13.8. The van der Waals surface area contributed by atoms with Crippen LogP contribution in [0.15, 0.2) is 35.2 Å². The number of rotatable bonds is 5.